The first-order chi connectivity index (χ1) is 13.8. The summed E-state index contributed by atoms with van der Waals surface area (Å²) in [6.45, 7) is 1.43. The minimum Gasteiger partial charge on any atom is -0.447 e. The fourth-order valence-corrected chi connectivity index (χ4v) is 2.87. The van der Waals surface area contributed by atoms with Crippen LogP contribution in [0.1, 0.15) is 40.7 Å². The van der Waals surface area contributed by atoms with Crippen molar-refractivity contribution in [3.63, 3.8) is 0 Å². The van der Waals surface area contributed by atoms with E-state index in [1.807, 2.05) is 19.1 Å². The van der Waals surface area contributed by atoms with E-state index in [1.165, 1.54) is 0 Å². The smallest absolute Gasteiger partial charge is 0.447 e. The first-order valence-corrected chi connectivity index (χ1v) is 9.08. The molecule has 158 valence electrons. The highest BCUT2D eigenvalue weighted by Gasteiger charge is 2.29. The Bertz CT molecular complexity index is 802. The van der Waals surface area contributed by atoms with E-state index in [2.05, 4.69) is 25.6 Å². The summed E-state index contributed by atoms with van der Waals surface area (Å²) in [7, 11) is 0. The number of hydrogen-bond acceptors (Lipinski definition) is 7. The van der Waals surface area contributed by atoms with Crippen LogP contribution in [0.25, 0.3) is 0 Å². The number of nitrogens with one attached hydrogen (secondary N) is 2. The molecule has 0 unspecified atom stereocenters. The van der Waals surface area contributed by atoms with E-state index in [9.17, 15) is 18.0 Å². The second kappa shape index (κ2) is 9.23. The van der Waals surface area contributed by atoms with Gasteiger partial charge in [-0.1, -0.05) is 22.8 Å². The summed E-state index contributed by atoms with van der Waals surface area (Å²) in [5.41, 5.74) is 1.69. The molecular formula is C18H21F3N4O4. The molecule has 1 fully saturated rings. The lowest BCUT2D eigenvalue weighted by Gasteiger charge is -2.28. The number of amides is 1. The maximum Gasteiger partial charge on any atom is 0.522 e. The summed E-state index contributed by atoms with van der Waals surface area (Å²) in [6, 6.07) is 7.06. The van der Waals surface area contributed by atoms with Crippen molar-refractivity contribution >= 4 is 5.91 Å². The van der Waals surface area contributed by atoms with Gasteiger partial charge in [-0.25, -0.2) is 0 Å². The number of ether oxygens (including phenoxy) is 2. The Labute approximate surface area is 164 Å². The van der Waals surface area contributed by atoms with Gasteiger partial charge in [0.1, 0.15) is 6.61 Å². The molecular weight excluding hydrogens is 393 g/mol. The number of halogens is 3. The molecule has 1 aliphatic heterocycles. The van der Waals surface area contributed by atoms with Crippen LogP contribution in [-0.4, -0.2) is 48.3 Å². The van der Waals surface area contributed by atoms with Crippen molar-refractivity contribution in [3.8, 4) is 6.08 Å². The minimum absolute atomic E-state index is 0.0433. The maximum absolute atomic E-state index is 12.3. The van der Waals surface area contributed by atoms with Crippen LogP contribution in [0.15, 0.2) is 28.7 Å². The molecule has 1 aromatic carbocycles. The van der Waals surface area contributed by atoms with Crippen molar-refractivity contribution in [2.45, 2.75) is 38.2 Å². The molecule has 1 saturated heterocycles. The molecule has 8 nitrogen and oxygen atoms in total. The number of aryl methyl sites for hydroxylation is 1. The number of rotatable bonds is 7. The summed E-state index contributed by atoms with van der Waals surface area (Å²) < 4.78 is 49.5. The van der Waals surface area contributed by atoms with Gasteiger partial charge in [0.25, 0.3) is 5.91 Å². The molecule has 1 aromatic heterocycles. The Hall–Kier alpha value is -2.66. The van der Waals surface area contributed by atoms with E-state index in [4.69, 9.17) is 9.15 Å². The van der Waals surface area contributed by atoms with Crippen molar-refractivity contribution in [2.24, 2.45) is 0 Å². The van der Waals surface area contributed by atoms with Crippen LogP contribution in [0.4, 0.5) is 13.2 Å². The predicted octanol–water partition coefficient (Wildman–Crippen LogP) is 2.52. The fraction of sp³-hybridized carbons (Fsp3) is 0.500. The number of carbonyl (C=O) groups is 1. The number of piperidine rings is 1. The molecule has 2 aromatic rings. The molecule has 2 atom stereocenters. The molecule has 2 N–H and O–H groups in total. The molecule has 2 heterocycles. The lowest BCUT2D eigenvalue weighted by atomic mass is 10.00. The van der Waals surface area contributed by atoms with Crippen LogP contribution in [0, 0.1) is 6.92 Å². The van der Waals surface area contributed by atoms with Crippen LogP contribution in [-0.2, 0) is 4.74 Å². The molecule has 0 bridgehead atoms. The standard InChI is InChI=1S/C18H21F3N4O4/c1-11-2-4-12(5-3-11)15(26)23-13-6-7-14(22-10-13)16-24-25-17(29-16)27-8-9-28-18(19,20)21/h2-5,13-14,22H,6-10H2,1H3,(H,23,26)/t13-,14+/m0/s1. The Morgan fingerprint density at radius 1 is 1.24 bits per heavy atom. The van der Waals surface area contributed by atoms with Gasteiger partial charge in [-0.05, 0) is 31.9 Å². The van der Waals surface area contributed by atoms with Crippen LogP contribution >= 0.6 is 0 Å². The fourth-order valence-electron chi connectivity index (χ4n) is 2.87. The number of benzene rings is 1. The van der Waals surface area contributed by atoms with Crippen molar-refractivity contribution < 1.29 is 31.9 Å². The van der Waals surface area contributed by atoms with Crippen molar-refractivity contribution in [2.75, 3.05) is 19.8 Å². The molecule has 1 aliphatic rings. The Balaban J connectivity index is 1.42. The maximum atomic E-state index is 12.3. The number of alkyl halides is 3. The van der Waals surface area contributed by atoms with E-state index >= 15 is 0 Å². The molecule has 0 saturated carbocycles. The van der Waals surface area contributed by atoms with Crippen LogP contribution in [0.3, 0.4) is 0 Å². The van der Waals surface area contributed by atoms with E-state index in [1.54, 1.807) is 12.1 Å². The number of nitrogens with zero attached hydrogens (tertiary/aromatic N) is 2. The third-order valence-electron chi connectivity index (χ3n) is 4.36. The monoisotopic (exact) mass is 414 g/mol. The zero-order valence-electron chi connectivity index (χ0n) is 15.7. The van der Waals surface area contributed by atoms with E-state index in [0.29, 0.717) is 24.9 Å². The molecule has 11 heteroatoms. The summed E-state index contributed by atoms with van der Waals surface area (Å²) in [5.74, 6) is 0.143. The summed E-state index contributed by atoms with van der Waals surface area (Å²) in [6.07, 6.45) is -3.59. The second-order valence-electron chi connectivity index (χ2n) is 6.62. The van der Waals surface area contributed by atoms with Crippen molar-refractivity contribution in [1.29, 1.82) is 0 Å². The van der Waals surface area contributed by atoms with Crippen LogP contribution < -0.4 is 15.4 Å². The molecule has 3 rings (SSSR count). The van der Waals surface area contributed by atoms with Gasteiger partial charge in [0.05, 0.1) is 12.6 Å². The number of aromatic nitrogens is 2. The van der Waals surface area contributed by atoms with Crippen LogP contribution in [0.5, 0.6) is 6.08 Å². The summed E-state index contributed by atoms with van der Waals surface area (Å²) in [5, 5.41) is 13.7. The third-order valence-corrected chi connectivity index (χ3v) is 4.36. The van der Waals surface area contributed by atoms with Gasteiger partial charge in [-0.3, -0.25) is 9.53 Å². The van der Waals surface area contributed by atoms with E-state index < -0.39 is 13.0 Å². The first-order valence-electron chi connectivity index (χ1n) is 9.08. The van der Waals surface area contributed by atoms with Gasteiger partial charge in [0.2, 0.25) is 5.89 Å². The van der Waals surface area contributed by atoms with Crippen LogP contribution in [0.2, 0.25) is 0 Å². The summed E-state index contributed by atoms with van der Waals surface area (Å²) >= 11 is 0. The quantitative estimate of drug-likeness (QED) is 0.672. The van der Waals surface area contributed by atoms with Gasteiger partial charge in [-0.15, -0.1) is 18.3 Å². The SMILES string of the molecule is Cc1ccc(C(=O)N[C@H]2CC[C@H](c3nnc(OCCOC(F)(F)F)o3)NC2)cc1. The molecule has 0 aliphatic carbocycles. The van der Waals surface area contributed by atoms with Gasteiger partial charge in [0, 0.05) is 18.2 Å². The third kappa shape index (κ3) is 6.43. The normalized spacial score (nSPS) is 19.7. The molecule has 29 heavy (non-hydrogen) atoms. The van der Waals surface area contributed by atoms with Gasteiger partial charge < -0.3 is 19.8 Å². The Morgan fingerprint density at radius 2 is 2.00 bits per heavy atom. The highest BCUT2D eigenvalue weighted by atomic mass is 19.4. The Morgan fingerprint density at radius 3 is 2.66 bits per heavy atom. The van der Waals surface area contributed by atoms with Crippen molar-refractivity contribution in [1.82, 2.24) is 20.8 Å². The molecule has 0 spiro atoms. The largest absolute Gasteiger partial charge is 0.522 e. The highest BCUT2D eigenvalue weighted by Crippen LogP contribution is 2.24. The highest BCUT2D eigenvalue weighted by molar-refractivity contribution is 5.94. The predicted molar refractivity (Wildman–Crippen MR) is 94.2 cm³/mol. The van der Waals surface area contributed by atoms with Gasteiger partial charge in [0.15, 0.2) is 0 Å². The number of hydrogen-bond donors (Lipinski definition) is 2. The first kappa shape index (κ1) is 21.1. The molecule has 0 radical (unpaired) electrons. The van der Waals surface area contributed by atoms with Crippen molar-refractivity contribution in [3.05, 3.63) is 41.3 Å². The second-order valence-corrected chi connectivity index (χ2v) is 6.62. The van der Waals surface area contributed by atoms with E-state index in [0.717, 1.165) is 5.56 Å². The molecule has 1 amide bonds. The zero-order valence-corrected chi connectivity index (χ0v) is 15.7. The lowest BCUT2D eigenvalue weighted by Crippen LogP contribution is -2.46. The Kier molecular flexibility index (Phi) is 6.70. The van der Waals surface area contributed by atoms with E-state index in [-0.39, 0.29) is 36.6 Å². The number of carbonyl (C=O) groups excluding carboxylic acids is 1. The lowest BCUT2D eigenvalue weighted by molar-refractivity contribution is -0.325. The summed E-state index contributed by atoms with van der Waals surface area (Å²) in [4.78, 5) is 12.3. The zero-order chi connectivity index (χ0) is 20.9. The van der Waals surface area contributed by atoms with Gasteiger partial charge >= 0.3 is 12.4 Å². The average molecular weight is 414 g/mol. The van der Waals surface area contributed by atoms with Gasteiger partial charge in [-0.2, -0.15) is 0 Å². The topological polar surface area (TPSA) is 98.5 Å². The average Bonchev–Trinajstić information content (AvgIpc) is 3.14. The minimum atomic E-state index is -4.71.